The fourth-order valence-corrected chi connectivity index (χ4v) is 3.07. The average molecular weight is 295 g/mol. The van der Waals surface area contributed by atoms with Crippen LogP contribution in [0.5, 0.6) is 0 Å². The van der Waals surface area contributed by atoms with Crippen LogP contribution in [0.3, 0.4) is 0 Å². The third-order valence-electron chi connectivity index (χ3n) is 4.18. The summed E-state index contributed by atoms with van der Waals surface area (Å²) in [7, 11) is 0. The van der Waals surface area contributed by atoms with Gasteiger partial charge in [0, 0.05) is 31.7 Å². The third-order valence-corrected chi connectivity index (χ3v) is 4.18. The zero-order chi connectivity index (χ0) is 15.2. The minimum atomic E-state index is 0.232. The van der Waals surface area contributed by atoms with E-state index in [0.717, 1.165) is 43.6 Å². The van der Waals surface area contributed by atoms with E-state index in [1.54, 1.807) is 12.4 Å². The van der Waals surface area contributed by atoms with E-state index in [9.17, 15) is 4.79 Å². The van der Waals surface area contributed by atoms with E-state index in [2.05, 4.69) is 9.97 Å². The Morgan fingerprint density at radius 1 is 1.23 bits per heavy atom. The lowest BCUT2D eigenvalue weighted by atomic mass is 9.93. The molecule has 0 N–H and O–H groups in total. The van der Waals surface area contributed by atoms with Crippen LogP contribution in [0.1, 0.15) is 24.1 Å². The summed E-state index contributed by atoms with van der Waals surface area (Å²) in [5.74, 6) is 0.722. The number of carbonyl (C=O) groups is 1. The molecule has 22 heavy (non-hydrogen) atoms. The molecular weight excluding hydrogens is 274 g/mol. The normalized spacial score (nSPS) is 18.2. The van der Waals surface area contributed by atoms with Crippen LogP contribution in [0.25, 0.3) is 0 Å². The lowest BCUT2D eigenvalue weighted by Crippen LogP contribution is -2.41. The molecular formula is C18H21N3O. The topological polar surface area (TPSA) is 46.1 Å². The number of rotatable bonds is 4. The Balaban J connectivity index is 1.57. The van der Waals surface area contributed by atoms with Crippen LogP contribution in [-0.2, 0) is 17.6 Å². The molecule has 0 saturated carbocycles. The minimum Gasteiger partial charge on any atom is -0.342 e. The maximum absolute atomic E-state index is 12.5. The van der Waals surface area contributed by atoms with E-state index >= 15 is 0 Å². The molecule has 0 spiro atoms. The number of amides is 1. The average Bonchev–Trinajstić information content (AvgIpc) is 2.57. The van der Waals surface area contributed by atoms with Crippen molar-refractivity contribution in [2.24, 2.45) is 5.92 Å². The first-order valence-electron chi connectivity index (χ1n) is 7.88. The number of nitrogens with zero attached hydrogens (tertiary/aromatic N) is 3. The van der Waals surface area contributed by atoms with Gasteiger partial charge in [0.2, 0.25) is 5.91 Å². The zero-order valence-corrected chi connectivity index (χ0v) is 12.7. The van der Waals surface area contributed by atoms with Crippen molar-refractivity contribution in [1.82, 2.24) is 14.9 Å². The number of hydrogen-bond donors (Lipinski definition) is 0. The van der Waals surface area contributed by atoms with Crippen molar-refractivity contribution in [2.75, 3.05) is 13.1 Å². The van der Waals surface area contributed by atoms with E-state index < -0.39 is 0 Å². The van der Waals surface area contributed by atoms with E-state index in [-0.39, 0.29) is 5.91 Å². The van der Waals surface area contributed by atoms with Crippen LogP contribution in [0.15, 0.2) is 48.9 Å². The van der Waals surface area contributed by atoms with Crippen molar-refractivity contribution in [2.45, 2.75) is 25.7 Å². The van der Waals surface area contributed by atoms with Gasteiger partial charge in [0.1, 0.15) is 0 Å². The van der Waals surface area contributed by atoms with Gasteiger partial charge >= 0.3 is 0 Å². The van der Waals surface area contributed by atoms with Crippen LogP contribution >= 0.6 is 0 Å². The smallest absolute Gasteiger partial charge is 0.226 e. The van der Waals surface area contributed by atoms with Crippen molar-refractivity contribution in [3.63, 3.8) is 0 Å². The van der Waals surface area contributed by atoms with Gasteiger partial charge in [-0.2, -0.15) is 0 Å². The number of carbonyl (C=O) groups excluding carboxylic acids is 1. The molecule has 1 aromatic heterocycles. The van der Waals surface area contributed by atoms with Crippen molar-refractivity contribution in [3.8, 4) is 0 Å². The second-order valence-corrected chi connectivity index (χ2v) is 5.91. The first-order valence-corrected chi connectivity index (χ1v) is 7.88. The summed E-state index contributed by atoms with van der Waals surface area (Å²) in [6.45, 7) is 1.71. The summed E-state index contributed by atoms with van der Waals surface area (Å²) in [6, 6.07) is 9.97. The first-order chi connectivity index (χ1) is 10.8. The Morgan fingerprint density at radius 2 is 2.09 bits per heavy atom. The van der Waals surface area contributed by atoms with Crippen molar-refractivity contribution < 1.29 is 4.79 Å². The maximum Gasteiger partial charge on any atom is 0.226 e. The highest BCUT2D eigenvalue weighted by Gasteiger charge is 2.24. The zero-order valence-electron chi connectivity index (χ0n) is 12.7. The Labute approximate surface area is 131 Å². The van der Waals surface area contributed by atoms with Crippen LogP contribution in [0.4, 0.5) is 0 Å². The fraction of sp³-hybridized carbons (Fsp3) is 0.389. The second-order valence-electron chi connectivity index (χ2n) is 5.91. The number of likely N-dealkylation sites (tertiary alicyclic amines) is 1. The molecule has 3 rings (SSSR count). The van der Waals surface area contributed by atoms with Crippen LogP contribution in [-0.4, -0.2) is 33.9 Å². The number of benzene rings is 1. The molecule has 114 valence electrons. The molecule has 2 aromatic rings. The van der Waals surface area contributed by atoms with Crippen molar-refractivity contribution in [3.05, 3.63) is 60.2 Å². The molecule has 1 aromatic carbocycles. The SMILES string of the molecule is O=C(Cc1ccccc1)N1CCC[C@H](Cc2cnccn2)C1. The Kier molecular flexibility index (Phi) is 4.78. The first kappa shape index (κ1) is 14.7. The van der Waals surface area contributed by atoms with Gasteiger partial charge in [-0.15, -0.1) is 0 Å². The Bertz CT molecular complexity index is 600. The predicted octanol–water partition coefficient (Wildman–Crippen LogP) is 2.50. The Morgan fingerprint density at radius 3 is 2.86 bits per heavy atom. The molecule has 0 bridgehead atoms. The van der Waals surface area contributed by atoms with E-state index in [0.29, 0.717) is 12.3 Å². The van der Waals surface area contributed by atoms with E-state index in [4.69, 9.17) is 0 Å². The molecule has 0 aliphatic carbocycles. The summed E-state index contributed by atoms with van der Waals surface area (Å²) < 4.78 is 0. The van der Waals surface area contributed by atoms with Gasteiger partial charge in [-0.1, -0.05) is 30.3 Å². The lowest BCUT2D eigenvalue weighted by molar-refractivity contribution is -0.132. The molecule has 4 heteroatoms. The Hall–Kier alpha value is -2.23. The van der Waals surface area contributed by atoms with Gasteiger partial charge in [-0.25, -0.2) is 0 Å². The van der Waals surface area contributed by atoms with Crippen molar-refractivity contribution in [1.29, 1.82) is 0 Å². The van der Waals surface area contributed by atoms with Gasteiger partial charge in [-0.05, 0) is 30.7 Å². The minimum absolute atomic E-state index is 0.232. The molecule has 1 saturated heterocycles. The summed E-state index contributed by atoms with van der Waals surface area (Å²) in [5, 5.41) is 0. The molecule has 1 fully saturated rings. The van der Waals surface area contributed by atoms with Crippen LogP contribution < -0.4 is 0 Å². The maximum atomic E-state index is 12.5. The van der Waals surface area contributed by atoms with Crippen molar-refractivity contribution >= 4 is 5.91 Å². The lowest BCUT2D eigenvalue weighted by Gasteiger charge is -2.32. The van der Waals surface area contributed by atoms with Gasteiger partial charge in [-0.3, -0.25) is 14.8 Å². The van der Waals surface area contributed by atoms with Gasteiger partial charge in [0.15, 0.2) is 0 Å². The largest absolute Gasteiger partial charge is 0.342 e. The van der Waals surface area contributed by atoms with Gasteiger partial charge in [0.05, 0.1) is 12.1 Å². The summed E-state index contributed by atoms with van der Waals surface area (Å²) in [6.07, 6.45) is 8.89. The second kappa shape index (κ2) is 7.16. The number of piperidine rings is 1. The molecule has 1 aliphatic rings. The highest BCUT2D eigenvalue weighted by molar-refractivity contribution is 5.78. The number of aromatic nitrogens is 2. The van der Waals surface area contributed by atoms with E-state index in [1.807, 2.05) is 41.4 Å². The molecule has 1 aliphatic heterocycles. The molecule has 0 radical (unpaired) electrons. The highest BCUT2D eigenvalue weighted by atomic mass is 16.2. The molecule has 1 atom stereocenters. The van der Waals surface area contributed by atoms with Crippen LogP contribution in [0, 0.1) is 5.92 Å². The number of hydrogen-bond acceptors (Lipinski definition) is 3. The quantitative estimate of drug-likeness (QED) is 0.870. The fourth-order valence-electron chi connectivity index (χ4n) is 3.07. The molecule has 0 unspecified atom stereocenters. The van der Waals surface area contributed by atoms with Crippen LogP contribution in [0.2, 0.25) is 0 Å². The van der Waals surface area contributed by atoms with E-state index in [1.165, 1.54) is 0 Å². The highest BCUT2D eigenvalue weighted by Crippen LogP contribution is 2.20. The predicted molar refractivity (Wildman–Crippen MR) is 85.2 cm³/mol. The summed E-state index contributed by atoms with van der Waals surface area (Å²) in [4.78, 5) is 22.9. The molecule has 1 amide bonds. The van der Waals surface area contributed by atoms with Gasteiger partial charge < -0.3 is 4.90 Å². The molecule has 2 heterocycles. The summed E-state index contributed by atoms with van der Waals surface area (Å²) in [5.41, 5.74) is 2.11. The third kappa shape index (κ3) is 3.91. The molecule has 4 nitrogen and oxygen atoms in total. The standard InChI is InChI=1S/C18H21N3O/c22-18(12-15-5-2-1-3-6-15)21-10-4-7-16(14-21)11-17-13-19-8-9-20-17/h1-3,5-6,8-9,13,16H,4,7,10-12,14H2/t16-/m1/s1. The summed E-state index contributed by atoms with van der Waals surface area (Å²) >= 11 is 0. The monoisotopic (exact) mass is 295 g/mol. The van der Waals surface area contributed by atoms with Gasteiger partial charge in [0.25, 0.3) is 0 Å².